The van der Waals surface area contributed by atoms with Gasteiger partial charge in [-0.05, 0) is 23.3 Å². The maximum absolute atomic E-state index is 10.7. The van der Waals surface area contributed by atoms with Crippen molar-refractivity contribution in [3.05, 3.63) is 45.3 Å². The molecule has 0 aliphatic carbocycles. The van der Waals surface area contributed by atoms with E-state index in [1.807, 2.05) is 24.4 Å². The summed E-state index contributed by atoms with van der Waals surface area (Å²) in [4.78, 5) is 15.6. The molecule has 0 saturated heterocycles. The maximum Gasteiger partial charge on any atom is 0.390 e. The molecule has 0 aromatic carbocycles. The molecule has 0 N–H and O–H groups in total. The highest BCUT2D eigenvalue weighted by Gasteiger charge is 2.21. The third kappa shape index (κ3) is 2.75. The van der Waals surface area contributed by atoms with E-state index in [9.17, 15) is 10.1 Å². The molecular weight excluding hydrogens is 306 g/mol. The van der Waals surface area contributed by atoms with Crippen LogP contribution < -0.4 is 0 Å². The van der Waals surface area contributed by atoms with Crippen molar-refractivity contribution in [1.82, 2.24) is 19.9 Å². The largest absolute Gasteiger partial charge is 0.390 e. The van der Waals surface area contributed by atoms with E-state index in [-0.39, 0.29) is 11.7 Å². The molecule has 0 aliphatic heterocycles. The number of nitrogens with zero attached hydrogens (tertiary/aromatic N) is 5. The fraction of sp³-hybridized carbons (Fsp3) is 0.308. The van der Waals surface area contributed by atoms with Gasteiger partial charge in [-0.1, -0.05) is 18.1 Å². The smallest absolute Gasteiger partial charge is 0.358 e. The molecule has 3 heterocycles. The number of thiophene rings is 1. The monoisotopic (exact) mass is 319 g/mol. The Kier molecular flexibility index (Phi) is 3.72. The van der Waals surface area contributed by atoms with Gasteiger partial charge >= 0.3 is 5.82 Å². The van der Waals surface area contributed by atoms with Crippen molar-refractivity contribution in [1.29, 1.82) is 0 Å². The molecule has 3 aromatic rings. The summed E-state index contributed by atoms with van der Waals surface area (Å²) in [6, 6.07) is 5.29. The summed E-state index contributed by atoms with van der Waals surface area (Å²) in [5.74, 6) is 0.787. The summed E-state index contributed by atoms with van der Waals surface area (Å²) < 4.78 is 6.87. The SMILES string of the molecule is Cc1cc([N+](=O)[O-])nn1CC(C)c1nc(-c2cccs2)no1. The molecule has 22 heavy (non-hydrogen) atoms. The van der Waals surface area contributed by atoms with E-state index in [0.29, 0.717) is 18.3 Å². The number of hydrogen-bond acceptors (Lipinski definition) is 7. The minimum Gasteiger partial charge on any atom is -0.358 e. The van der Waals surface area contributed by atoms with Crippen molar-refractivity contribution in [2.45, 2.75) is 26.3 Å². The molecule has 3 rings (SSSR count). The van der Waals surface area contributed by atoms with Gasteiger partial charge in [-0.15, -0.1) is 11.3 Å². The van der Waals surface area contributed by atoms with Gasteiger partial charge in [0.05, 0.1) is 34.2 Å². The van der Waals surface area contributed by atoms with E-state index in [1.54, 1.807) is 11.6 Å². The van der Waals surface area contributed by atoms with Crippen molar-refractivity contribution >= 4 is 17.2 Å². The van der Waals surface area contributed by atoms with Gasteiger partial charge < -0.3 is 14.6 Å². The zero-order chi connectivity index (χ0) is 15.7. The van der Waals surface area contributed by atoms with Crippen LogP contribution in [0, 0.1) is 17.0 Å². The summed E-state index contributed by atoms with van der Waals surface area (Å²) in [5, 5.41) is 20.6. The maximum atomic E-state index is 10.7. The predicted molar refractivity (Wildman–Crippen MR) is 79.6 cm³/mol. The average Bonchev–Trinajstić information content (AvgIpc) is 3.18. The normalized spacial score (nSPS) is 12.5. The molecule has 0 fully saturated rings. The van der Waals surface area contributed by atoms with Crippen LogP contribution in [-0.2, 0) is 6.54 Å². The molecule has 0 bridgehead atoms. The molecule has 114 valence electrons. The molecular formula is C13H13N5O3S. The zero-order valence-corrected chi connectivity index (χ0v) is 12.8. The Morgan fingerprint density at radius 1 is 1.55 bits per heavy atom. The molecule has 8 nitrogen and oxygen atoms in total. The Morgan fingerprint density at radius 3 is 3.00 bits per heavy atom. The Hall–Kier alpha value is -2.55. The second kappa shape index (κ2) is 5.68. The number of nitro groups is 1. The van der Waals surface area contributed by atoms with Crippen LogP contribution in [-0.4, -0.2) is 24.8 Å². The molecule has 3 aromatic heterocycles. The van der Waals surface area contributed by atoms with Gasteiger partial charge in [0, 0.05) is 0 Å². The first-order valence-electron chi connectivity index (χ1n) is 6.61. The zero-order valence-electron chi connectivity index (χ0n) is 12.0. The van der Waals surface area contributed by atoms with Gasteiger partial charge in [0.15, 0.2) is 0 Å². The lowest BCUT2D eigenvalue weighted by Crippen LogP contribution is -2.09. The first-order valence-corrected chi connectivity index (χ1v) is 7.49. The van der Waals surface area contributed by atoms with E-state index in [4.69, 9.17) is 4.52 Å². The lowest BCUT2D eigenvalue weighted by Gasteiger charge is -2.04. The average molecular weight is 319 g/mol. The molecule has 0 radical (unpaired) electrons. The van der Waals surface area contributed by atoms with Crippen LogP contribution in [0.15, 0.2) is 28.1 Å². The third-order valence-electron chi connectivity index (χ3n) is 3.21. The molecule has 0 amide bonds. The minimum atomic E-state index is -0.504. The summed E-state index contributed by atoms with van der Waals surface area (Å²) >= 11 is 1.54. The fourth-order valence-electron chi connectivity index (χ4n) is 2.05. The highest BCUT2D eigenvalue weighted by molar-refractivity contribution is 7.13. The lowest BCUT2D eigenvalue weighted by molar-refractivity contribution is -0.389. The van der Waals surface area contributed by atoms with E-state index < -0.39 is 4.92 Å². The van der Waals surface area contributed by atoms with E-state index in [1.165, 1.54) is 17.4 Å². The number of hydrogen-bond donors (Lipinski definition) is 0. The van der Waals surface area contributed by atoms with Crippen molar-refractivity contribution in [2.24, 2.45) is 0 Å². The molecule has 9 heteroatoms. The Morgan fingerprint density at radius 2 is 2.36 bits per heavy atom. The predicted octanol–water partition coefficient (Wildman–Crippen LogP) is 3.01. The van der Waals surface area contributed by atoms with Crippen LogP contribution in [0.4, 0.5) is 5.82 Å². The van der Waals surface area contributed by atoms with Crippen LogP contribution >= 0.6 is 11.3 Å². The molecule has 0 aliphatic rings. The summed E-state index contributed by atoms with van der Waals surface area (Å²) in [6.45, 7) is 4.13. The minimum absolute atomic E-state index is 0.0978. The summed E-state index contributed by atoms with van der Waals surface area (Å²) in [7, 11) is 0. The van der Waals surface area contributed by atoms with Crippen LogP contribution in [0.5, 0.6) is 0 Å². The molecule has 0 spiro atoms. The van der Waals surface area contributed by atoms with Crippen LogP contribution in [0.2, 0.25) is 0 Å². The van der Waals surface area contributed by atoms with E-state index in [0.717, 1.165) is 10.6 Å². The third-order valence-corrected chi connectivity index (χ3v) is 4.07. The van der Waals surface area contributed by atoms with Crippen molar-refractivity contribution in [2.75, 3.05) is 0 Å². The van der Waals surface area contributed by atoms with Crippen LogP contribution in [0.25, 0.3) is 10.7 Å². The standard InChI is InChI=1S/C13H13N5O3S/c1-8(7-17-9(2)6-11(15-17)18(19)20)13-14-12(16-21-13)10-4-3-5-22-10/h3-6,8H,7H2,1-2H3. The van der Waals surface area contributed by atoms with Gasteiger partial charge in [0.1, 0.15) is 0 Å². The first kappa shape index (κ1) is 14.4. The Bertz CT molecular complexity index is 793. The molecule has 1 atom stereocenters. The Labute approximate surface area is 129 Å². The highest BCUT2D eigenvalue weighted by Crippen LogP contribution is 2.24. The van der Waals surface area contributed by atoms with Crippen LogP contribution in [0.1, 0.15) is 24.4 Å². The van der Waals surface area contributed by atoms with Gasteiger partial charge in [0.25, 0.3) is 0 Å². The van der Waals surface area contributed by atoms with Gasteiger partial charge in [0.2, 0.25) is 11.7 Å². The quantitative estimate of drug-likeness (QED) is 0.529. The van der Waals surface area contributed by atoms with Gasteiger partial charge in [-0.2, -0.15) is 9.67 Å². The van der Waals surface area contributed by atoms with Crippen molar-refractivity contribution in [3.8, 4) is 10.7 Å². The summed E-state index contributed by atoms with van der Waals surface area (Å²) in [5.41, 5.74) is 0.719. The van der Waals surface area contributed by atoms with E-state index >= 15 is 0 Å². The second-order valence-corrected chi connectivity index (χ2v) is 5.87. The lowest BCUT2D eigenvalue weighted by atomic mass is 10.2. The number of aryl methyl sites for hydroxylation is 1. The second-order valence-electron chi connectivity index (χ2n) is 4.92. The topological polar surface area (TPSA) is 99.9 Å². The van der Waals surface area contributed by atoms with E-state index in [2.05, 4.69) is 15.2 Å². The number of aromatic nitrogens is 4. The molecule has 0 saturated carbocycles. The number of rotatable bonds is 5. The highest BCUT2D eigenvalue weighted by atomic mass is 32.1. The summed E-state index contributed by atoms with van der Waals surface area (Å²) in [6.07, 6.45) is 0. The van der Waals surface area contributed by atoms with Gasteiger partial charge in [-0.3, -0.25) is 0 Å². The van der Waals surface area contributed by atoms with Crippen molar-refractivity contribution in [3.63, 3.8) is 0 Å². The van der Waals surface area contributed by atoms with Crippen molar-refractivity contribution < 1.29 is 9.45 Å². The molecule has 1 unspecified atom stereocenters. The first-order chi connectivity index (χ1) is 10.5. The van der Waals surface area contributed by atoms with Gasteiger partial charge in [-0.25, -0.2) is 0 Å². The Balaban J connectivity index is 1.77. The fourth-order valence-corrected chi connectivity index (χ4v) is 2.69. The van der Waals surface area contributed by atoms with Crippen LogP contribution in [0.3, 0.4) is 0 Å².